The van der Waals surface area contributed by atoms with Gasteiger partial charge in [0.05, 0.1) is 5.52 Å². The highest BCUT2D eigenvalue weighted by Crippen LogP contribution is 2.07. The Balaban J connectivity index is 0.000000174. The molecule has 0 N–H and O–H groups in total. The zero-order valence-electron chi connectivity index (χ0n) is 9.94. The predicted molar refractivity (Wildman–Crippen MR) is 73.1 cm³/mol. The summed E-state index contributed by atoms with van der Waals surface area (Å²) < 4.78 is 0. The topological polar surface area (TPSA) is 42.9 Å². The Morgan fingerprint density at radius 1 is 0.722 bits per heavy atom. The molecule has 0 aliphatic heterocycles. The van der Waals surface area contributed by atoms with Crippen LogP contribution in [0.15, 0.2) is 73.2 Å². The molecule has 0 aliphatic rings. The minimum Gasteiger partial charge on any atom is -0.307 e. The van der Waals surface area contributed by atoms with Crippen LogP contribution in [0.3, 0.4) is 0 Å². The molecule has 0 atom stereocenters. The van der Waals surface area contributed by atoms with E-state index in [1.807, 2.05) is 55.5 Å². The van der Waals surface area contributed by atoms with Crippen molar-refractivity contribution in [3.05, 3.63) is 73.2 Å². The Morgan fingerprint density at radius 3 is 1.94 bits per heavy atom. The van der Waals surface area contributed by atoms with Crippen LogP contribution in [-0.4, -0.2) is 16.8 Å². The van der Waals surface area contributed by atoms with Crippen molar-refractivity contribution in [2.24, 2.45) is 0 Å². The molecule has 3 heteroatoms. The van der Waals surface area contributed by atoms with Gasteiger partial charge in [-0.05, 0) is 24.3 Å². The van der Waals surface area contributed by atoms with Gasteiger partial charge in [0.15, 0.2) is 0 Å². The SMILES string of the molecule is C=O.c1ccc2ncccc2c1.c1ccncc1. The summed E-state index contributed by atoms with van der Waals surface area (Å²) in [5, 5.41) is 1.20. The molecule has 90 valence electrons. The van der Waals surface area contributed by atoms with Crippen molar-refractivity contribution >= 4 is 17.7 Å². The maximum Gasteiger partial charge on any atom is 0.106 e. The molecule has 3 nitrogen and oxygen atoms in total. The van der Waals surface area contributed by atoms with Gasteiger partial charge in [0.1, 0.15) is 6.79 Å². The van der Waals surface area contributed by atoms with Crippen LogP contribution in [0.1, 0.15) is 0 Å². The lowest BCUT2D eigenvalue weighted by molar-refractivity contribution is -0.0979. The molecule has 0 amide bonds. The van der Waals surface area contributed by atoms with E-state index < -0.39 is 0 Å². The van der Waals surface area contributed by atoms with E-state index in [0.29, 0.717) is 0 Å². The molecule has 3 rings (SSSR count). The van der Waals surface area contributed by atoms with Gasteiger partial charge in [-0.1, -0.05) is 30.3 Å². The standard InChI is InChI=1S/C9H7N.C5H5N.CH2O/c1-2-6-9-8(4-1)5-3-7-10-9;1-2-4-6-5-3-1;1-2/h1-7H;1-5H;1H2. The molecule has 0 saturated heterocycles. The molecular formula is C15H14N2O. The summed E-state index contributed by atoms with van der Waals surface area (Å²) >= 11 is 0. The molecule has 0 saturated carbocycles. The molecule has 3 aromatic rings. The van der Waals surface area contributed by atoms with E-state index in [9.17, 15) is 0 Å². The maximum absolute atomic E-state index is 8.00. The third kappa shape index (κ3) is 4.53. The van der Waals surface area contributed by atoms with Gasteiger partial charge in [0, 0.05) is 24.0 Å². The van der Waals surface area contributed by atoms with E-state index in [2.05, 4.69) is 22.1 Å². The van der Waals surface area contributed by atoms with Crippen LogP contribution in [0.25, 0.3) is 10.9 Å². The molecule has 2 heterocycles. The van der Waals surface area contributed by atoms with Gasteiger partial charge in [0.25, 0.3) is 0 Å². The van der Waals surface area contributed by atoms with Crippen molar-refractivity contribution in [1.82, 2.24) is 9.97 Å². The zero-order chi connectivity index (χ0) is 13.1. The van der Waals surface area contributed by atoms with Gasteiger partial charge < -0.3 is 4.79 Å². The second-order valence-electron chi connectivity index (χ2n) is 3.22. The van der Waals surface area contributed by atoms with Crippen molar-refractivity contribution in [1.29, 1.82) is 0 Å². The van der Waals surface area contributed by atoms with Crippen molar-refractivity contribution < 1.29 is 4.79 Å². The Labute approximate surface area is 106 Å². The zero-order valence-corrected chi connectivity index (χ0v) is 9.94. The number of fused-ring (bicyclic) bond motifs is 1. The fourth-order valence-electron chi connectivity index (χ4n) is 1.33. The van der Waals surface area contributed by atoms with E-state index in [4.69, 9.17) is 4.79 Å². The number of nitrogens with zero attached hydrogens (tertiary/aromatic N) is 2. The second-order valence-corrected chi connectivity index (χ2v) is 3.22. The quantitative estimate of drug-likeness (QED) is 0.604. The Kier molecular flexibility index (Phi) is 6.45. The Morgan fingerprint density at radius 2 is 1.39 bits per heavy atom. The first-order valence-electron chi connectivity index (χ1n) is 5.40. The number of benzene rings is 1. The normalized spacial score (nSPS) is 8.44. The summed E-state index contributed by atoms with van der Waals surface area (Å²) in [5.74, 6) is 0. The van der Waals surface area contributed by atoms with Gasteiger partial charge in [-0.25, -0.2) is 0 Å². The second kappa shape index (κ2) is 8.58. The highest BCUT2D eigenvalue weighted by Gasteiger charge is 1.86. The molecule has 0 aliphatic carbocycles. The highest BCUT2D eigenvalue weighted by atomic mass is 16.1. The van der Waals surface area contributed by atoms with Crippen molar-refractivity contribution in [3.8, 4) is 0 Å². The molecule has 0 unspecified atom stereocenters. The molecule has 0 fully saturated rings. The van der Waals surface area contributed by atoms with Crippen LogP contribution in [0.4, 0.5) is 0 Å². The molecule has 18 heavy (non-hydrogen) atoms. The van der Waals surface area contributed by atoms with Crippen LogP contribution in [0.2, 0.25) is 0 Å². The summed E-state index contributed by atoms with van der Waals surface area (Å²) in [6.07, 6.45) is 5.31. The van der Waals surface area contributed by atoms with Gasteiger partial charge in [-0.15, -0.1) is 0 Å². The Bertz CT molecular complexity index is 463. The van der Waals surface area contributed by atoms with E-state index in [-0.39, 0.29) is 0 Å². The summed E-state index contributed by atoms with van der Waals surface area (Å²) in [6, 6.07) is 17.8. The molecule has 2 aromatic heterocycles. The van der Waals surface area contributed by atoms with Crippen LogP contribution in [-0.2, 0) is 4.79 Å². The monoisotopic (exact) mass is 238 g/mol. The average Bonchev–Trinajstić information content (AvgIpc) is 2.52. The number of carbonyl (C=O) groups excluding carboxylic acids is 1. The van der Waals surface area contributed by atoms with E-state index in [1.54, 1.807) is 12.4 Å². The van der Waals surface area contributed by atoms with Crippen LogP contribution >= 0.6 is 0 Å². The number of rotatable bonds is 0. The molecule has 0 spiro atoms. The average molecular weight is 238 g/mol. The first kappa shape index (κ1) is 13.5. The van der Waals surface area contributed by atoms with Gasteiger partial charge in [-0.3, -0.25) is 9.97 Å². The van der Waals surface area contributed by atoms with Crippen LogP contribution in [0, 0.1) is 0 Å². The lowest BCUT2D eigenvalue weighted by atomic mass is 10.2. The van der Waals surface area contributed by atoms with E-state index in [0.717, 1.165) is 5.52 Å². The minimum atomic E-state index is 1.06. The Hall–Kier alpha value is -2.55. The highest BCUT2D eigenvalue weighted by molar-refractivity contribution is 5.77. The van der Waals surface area contributed by atoms with Gasteiger partial charge in [-0.2, -0.15) is 0 Å². The molecule has 0 radical (unpaired) electrons. The number of carbonyl (C=O) groups is 1. The summed E-state index contributed by atoms with van der Waals surface area (Å²) in [5.41, 5.74) is 1.06. The van der Waals surface area contributed by atoms with Crippen molar-refractivity contribution in [2.45, 2.75) is 0 Å². The fourth-order valence-corrected chi connectivity index (χ4v) is 1.33. The van der Waals surface area contributed by atoms with Gasteiger partial charge >= 0.3 is 0 Å². The maximum atomic E-state index is 8.00. The first-order chi connectivity index (χ1) is 8.97. The summed E-state index contributed by atoms with van der Waals surface area (Å²) in [6.45, 7) is 2.00. The number of aromatic nitrogens is 2. The van der Waals surface area contributed by atoms with E-state index in [1.165, 1.54) is 5.39 Å². The van der Waals surface area contributed by atoms with Crippen LogP contribution in [0.5, 0.6) is 0 Å². The van der Waals surface area contributed by atoms with E-state index >= 15 is 0 Å². The number of hydrogen-bond donors (Lipinski definition) is 0. The third-order valence-electron chi connectivity index (χ3n) is 2.08. The van der Waals surface area contributed by atoms with Gasteiger partial charge in [0.2, 0.25) is 0 Å². The van der Waals surface area contributed by atoms with Crippen molar-refractivity contribution in [3.63, 3.8) is 0 Å². The van der Waals surface area contributed by atoms with Crippen LogP contribution < -0.4 is 0 Å². The molecule has 0 bridgehead atoms. The predicted octanol–water partition coefficient (Wildman–Crippen LogP) is 3.13. The lowest BCUT2D eigenvalue weighted by Gasteiger charge is -1.91. The first-order valence-corrected chi connectivity index (χ1v) is 5.40. The largest absolute Gasteiger partial charge is 0.307 e. The summed E-state index contributed by atoms with van der Waals surface area (Å²) in [7, 11) is 0. The molecular weight excluding hydrogens is 224 g/mol. The van der Waals surface area contributed by atoms with Crippen molar-refractivity contribution in [2.75, 3.05) is 0 Å². The fraction of sp³-hybridized carbons (Fsp3) is 0. The smallest absolute Gasteiger partial charge is 0.106 e. The lowest BCUT2D eigenvalue weighted by Crippen LogP contribution is -1.73. The third-order valence-corrected chi connectivity index (χ3v) is 2.08. The summed E-state index contributed by atoms with van der Waals surface area (Å²) in [4.78, 5) is 16.0. The number of pyridine rings is 2. The molecule has 1 aromatic carbocycles. The minimum absolute atomic E-state index is 1.06. The number of para-hydroxylation sites is 1. The number of hydrogen-bond acceptors (Lipinski definition) is 3.